The van der Waals surface area contributed by atoms with Crippen LogP contribution in [0.3, 0.4) is 0 Å². The van der Waals surface area contributed by atoms with E-state index in [1.165, 1.54) is 0 Å². The third kappa shape index (κ3) is 2.17. The predicted octanol–water partition coefficient (Wildman–Crippen LogP) is 3.76. The number of ether oxygens (including phenoxy) is 2. The summed E-state index contributed by atoms with van der Waals surface area (Å²) in [6.45, 7) is 0.208. The minimum absolute atomic E-state index is 0.0517. The molecular weight excluding hydrogens is 368 g/mol. The van der Waals surface area contributed by atoms with Crippen molar-refractivity contribution in [2.75, 3.05) is 13.7 Å². The van der Waals surface area contributed by atoms with Gasteiger partial charge in [-0.15, -0.1) is 0 Å². The fourth-order valence-corrected chi connectivity index (χ4v) is 5.45. The van der Waals surface area contributed by atoms with Gasteiger partial charge in [-0.25, -0.2) is 4.99 Å². The minimum atomic E-state index is -1.97. The van der Waals surface area contributed by atoms with Gasteiger partial charge in [0.25, 0.3) is 6.02 Å². The van der Waals surface area contributed by atoms with Crippen molar-refractivity contribution >= 4 is 22.0 Å². The van der Waals surface area contributed by atoms with Crippen molar-refractivity contribution in [3.63, 3.8) is 0 Å². The Morgan fingerprint density at radius 2 is 2.38 bits per heavy atom. The van der Waals surface area contributed by atoms with Gasteiger partial charge < -0.3 is 15.2 Å². The van der Waals surface area contributed by atoms with Gasteiger partial charge in [0, 0.05) is 17.0 Å². The molecule has 4 nitrogen and oxygen atoms in total. The van der Waals surface area contributed by atoms with Gasteiger partial charge >= 0.3 is 0 Å². The van der Waals surface area contributed by atoms with E-state index in [9.17, 15) is 0 Å². The molecule has 24 heavy (non-hydrogen) atoms. The van der Waals surface area contributed by atoms with Crippen LogP contribution in [0.2, 0.25) is 0 Å². The second kappa shape index (κ2) is 5.73. The summed E-state index contributed by atoms with van der Waals surface area (Å²) in [4.78, 5) is 4.69. The van der Waals surface area contributed by atoms with E-state index in [1.807, 2.05) is 12.1 Å². The van der Waals surface area contributed by atoms with Crippen LogP contribution in [0, 0.1) is 11.3 Å². The van der Waals surface area contributed by atoms with Crippen molar-refractivity contribution < 1.29 is 12.2 Å². The van der Waals surface area contributed by atoms with E-state index in [0.717, 1.165) is 47.7 Å². The number of aliphatic imine (C=N–C) groups is 1. The van der Waals surface area contributed by atoms with Crippen molar-refractivity contribution in [2.45, 2.75) is 50.7 Å². The molecule has 2 N–H and O–H groups in total. The van der Waals surface area contributed by atoms with Crippen LogP contribution in [0.4, 0.5) is 0 Å². The van der Waals surface area contributed by atoms with E-state index < -0.39 is 12.1 Å². The summed E-state index contributed by atoms with van der Waals surface area (Å²) in [6.07, 6.45) is 4.61. The van der Waals surface area contributed by atoms with Crippen LogP contribution in [0.25, 0.3) is 0 Å². The van der Waals surface area contributed by atoms with Crippen LogP contribution < -0.4 is 5.73 Å². The number of amidine groups is 1. The maximum atomic E-state index is 8.75. The molecule has 4 rings (SSSR count). The van der Waals surface area contributed by atoms with E-state index in [-0.39, 0.29) is 17.5 Å². The largest absolute Gasteiger partial charge is 0.462 e. The van der Waals surface area contributed by atoms with Crippen LogP contribution >= 0.6 is 15.9 Å². The summed E-state index contributed by atoms with van der Waals surface area (Å²) < 4.78 is 29.6. The third-order valence-electron chi connectivity index (χ3n) is 6.25. The summed E-state index contributed by atoms with van der Waals surface area (Å²) in [7, 11) is 1.77. The van der Waals surface area contributed by atoms with Gasteiger partial charge in [-0.2, -0.15) is 0 Å². The lowest BCUT2D eigenvalue weighted by Crippen LogP contribution is -2.49. The molecule has 0 radical (unpaired) electrons. The number of hydrogen-bond donors (Lipinski definition) is 1. The Morgan fingerprint density at radius 1 is 1.54 bits per heavy atom. The number of rotatable bonds is 2. The van der Waals surface area contributed by atoms with Crippen LogP contribution in [-0.4, -0.2) is 25.8 Å². The van der Waals surface area contributed by atoms with Crippen LogP contribution in [0.5, 0.6) is 0 Å². The highest BCUT2D eigenvalue weighted by atomic mass is 79.9. The highest BCUT2D eigenvalue weighted by Crippen LogP contribution is 2.62. The van der Waals surface area contributed by atoms with Crippen LogP contribution in [0.1, 0.15) is 46.5 Å². The fraction of sp³-hybridized carbons (Fsp3) is 0.632. The van der Waals surface area contributed by atoms with E-state index in [1.54, 1.807) is 7.11 Å². The lowest BCUT2D eigenvalue weighted by Gasteiger charge is -2.48. The number of benzene rings is 1. The maximum Gasteiger partial charge on any atom is 0.283 e. The second-order valence-electron chi connectivity index (χ2n) is 7.31. The molecule has 0 aromatic heterocycles. The van der Waals surface area contributed by atoms with E-state index in [0.29, 0.717) is 5.92 Å². The zero-order valence-corrected chi connectivity index (χ0v) is 15.7. The second-order valence-corrected chi connectivity index (χ2v) is 8.22. The number of fused-ring (bicyclic) bond motifs is 3. The van der Waals surface area contributed by atoms with Gasteiger partial charge in [0.1, 0.15) is 12.1 Å². The monoisotopic (exact) mass is 394 g/mol. The Hall–Kier alpha value is -1.07. The highest BCUT2D eigenvalue weighted by molar-refractivity contribution is 9.10. The summed E-state index contributed by atoms with van der Waals surface area (Å²) in [5.41, 5.74) is 6.52. The van der Waals surface area contributed by atoms with Crippen LogP contribution in [-0.2, 0) is 21.4 Å². The van der Waals surface area contributed by atoms with Crippen molar-refractivity contribution in [1.29, 1.82) is 0 Å². The minimum Gasteiger partial charge on any atom is -0.462 e. The van der Waals surface area contributed by atoms with Crippen LogP contribution in [0.15, 0.2) is 27.7 Å². The molecule has 0 saturated heterocycles. The van der Waals surface area contributed by atoms with Crippen molar-refractivity contribution in [1.82, 2.24) is 0 Å². The molecule has 130 valence electrons. The first kappa shape index (κ1) is 14.1. The Balaban J connectivity index is 1.91. The standard InChI is InChI=1S/C19H25BrN2O2/c1-3-12-9-18(7-6-16(12)23-2)10-13-4-5-14(20)8-15(13)19(18)11-24-17(21)22-19/h4-5,8,12,16H,3,6-7,9-11H2,1-2H3,(H2,21,22)/t12-,16-,18-,19?/m0/s1/i11D2. The quantitative estimate of drug-likeness (QED) is 0.830. The normalized spacial score (nSPS) is 40.9. The molecule has 1 heterocycles. The topological polar surface area (TPSA) is 56.8 Å². The first-order chi connectivity index (χ1) is 12.3. The summed E-state index contributed by atoms with van der Waals surface area (Å²) in [5.74, 6) is 0.371. The first-order valence-electron chi connectivity index (χ1n) is 9.64. The molecule has 1 aliphatic heterocycles. The van der Waals surface area contributed by atoms with E-state index in [2.05, 4.69) is 33.9 Å². The molecule has 0 amide bonds. The Morgan fingerprint density at radius 3 is 3.04 bits per heavy atom. The van der Waals surface area contributed by atoms with Crippen molar-refractivity contribution in [2.24, 2.45) is 22.1 Å². The molecule has 1 unspecified atom stereocenters. The molecular formula is C19H25BrN2O2. The molecule has 1 saturated carbocycles. The first-order valence-corrected chi connectivity index (χ1v) is 9.44. The average molecular weight is 395 g/mol. The molecule has 3 aliphatic rings. The van der Waals surface area contributed by atoms with Gasteiger partial charge in [-0.05, 0) is 54.9 Å². The zero-order chi connectivity index (χ0) is 18.7. The van der Waals surface area contributed by atoms with E-state index in [4.69, 9.17) is 17.9 Å². The molecule has 1 aromatic carbocycles. The number of nitrogens with two attached hydrogens (primary N) is 1. The molecule has 2 aliphatic carbocycles. The van der Waals surface area contributed by atoms with Crippen molar-refractivity contribution in [3.8, 4) is 0 Å². The molecule has 1 fully saturated rings. The maximum absolute atomic E-state index is 8.75. The van der Waals surface area contributed by atoms with Gasteiger partial charge in [0.2, 0.25) is 0 Å². The SMILES string of the molecule is [2H]C1([2H])OC(N)=NC12c1cc(Br)ccc1C[C@@]21CC[C@H](OC)[C@@H](CC)C1. The molecule has 1 aromatic rings. The van der Waals surface area contributed by atoms with Gasteiger partial charge in [-0.1, -0.05) is 35.3 Å². The smallest absolute Gasteiger partial charge is 0.283 e. The fourth-order valence-electron chi connectivity index (χ4n) is 5.09. The van der Waals surface area contributed by atoms with Crippen molar-refractivity contribution in [3.05, 3.63) is 33.8 Å². The Kier molecular flexibility index (Phi) is 3.38. The number of halogens is 1. The molecule has 4 atom stereocenters. The number of methoxy groups -OCH3 is 1. The number of nitrogens with zero attached hydrogens (tertiary/aromatic N) is 1. The predicted molar refractivity (Wildman–Crippen MR) is 98.0 cm³/mol. The van der Waals surface area contributed by atoms with E-state index >= 15 is 0 Å². The number of hydrogen-bond acceptors (Lipinski definition) is 4. The van der Waals surface area contributed by atoms with Gasteiger partial charge in [0.15, 0.2) is 0 Å². The third-order valence-corrected chi connectivity index (χ3v) is 6.75. The average Bonchev–Trinajstić information content (AvgIpc) is 3.00. The molecule has 0 bridgehead atoms. The summed E-state index contributed by atoms with van der Waals surface area (Å²) in [5, 5.41) is 0. The lowest BCUT2D eigenvalue weighted by molar-refractivity contribution is -0.0514. The zero-order valence-electron chi connectivity index (χ0n) is 16.1. The lowest BCUT2D eigenvalue weighted by atomic mass is 9.59. The Labute approximate surface area is 154 Å². The summed E-state index contributed by atoms with van der Waals surface area (Å²) >= 11 is 3.54. The summed E-state index contributed by atoms with van der Waals surface area (Å²) in [6, 6.07) is 6.04. The highest BCUT2D eigenvalue weighted by Gasteiger charge is 2.62. The van der Waals surface area contributed by atoms with Gasteiger partial charge in [-0.3, -0.25) is 0 Å². The molecule has 2 spiro atoms. The van der Waals surface area contributed by atoms with Gasteiger partial charge in [0.05, 0.1) is 8.85 Å². The molecule has 5 heteroatoms. The Bertz CT molecular complexity index is 772.